The molecule has 1 unspecified atom stereocenters. The molecule has 88 valence electrons. The lowest BCUT2D eigenvalue weighted by molar-refractivity contribution is -0.150. The van der Waals surface area contributed by atoms with E-state index in [1.807, 2.05) is 6.92 Å². The van der Waals surface area contributed by atoms with Crippen LogP contribution in [-0.4, -0.2) is 24.8 Å². The van der Waals surface area contributed by atoms with Gasteiger partial charge in [0.25, 0.3) is 0 Å². The topological polar surface area (TPSA) is 55.8 Å². The van der Waals surface area contributed by atoms with E-state index >= 15 is 0 Å². The number of ether oxygens (including phenoxy) is 2. The molecule has 4 heteroatoms. The van der Waals surface area contributed by atoms with Crippen LogP contribution in [0.25, 0.3) is 0 Å². The van der Waals surface area contributed by atoms with E-state index in [2.05, 4.69) is 0 Å². The van der Waals surface area contributed by atoms with Gasteiger partial charge in [0.05, 0.1) is 7.11 Å². The summed E-state index contributed by atoms with van der Waals surface area (Å²) < 4.78 is 10.3. The molecule has 0 saturated heterocycles. The molecule has 1 rings (SSSR count). The molecule has 1 aromatic carbocycles. The molecule has 4 nitrogen and oxygen atoms in total. The summed E-state index contributed by atoms with van der Waals surface area (Å²) in [6.07, 6.45) is -0.136. The summed E-state index contributed by atoms with van der Waals surface area (Å²) in [5.74, 6) is -0.356. The van der Waals surface area contributed by atoms with Crippen molar-refractivity contribution in [2.24, 2.45) is 0 Å². The van der Waals surface area contributed by atoms with Crippen LogP contribution in [-0.2, 0) is 9.53 Å². The average Bonchev–Trinajstić information content (AvgIpc) is 2.29. The van der Waals surface area contributed by atoms with Crippen molar-refractivity contribution in [3.05, 3.63) is 29.8 Å². The van der Waals surface area contributed by atoms with Gasteiger partial charge in [-0.3, -0.25) is 0 Å². The van der Waals surface area contributed by atoms with E-state index < -0.39 is 12.1 Å². The molecular weight excluding hydrogens is 208 g/mol. The van der Waals surface area contributed by atoms with Crippen molar-refractivity contribution < 1.29 is 19.4 Å². The number of hydrogen-bond donors (Lipinski definition) is 1. The van der Waals surface area contributed by atoms with Gasteiger partial charge in [-0.1, -0.05) is 19.1 Å². The minimum absolute atomic E-state index is 0.425. The van der Waals surface area contributed by atoms with Crippen LogP contribution in [0.3, 0.4) is 0 Å². The van der Waals surface area contributed by atoms with Gasteiger partial charge in [-0.2, -0.15) is 0 Å². The van der Waals surface area contributed by atoms with E-state index in [1.165, 1.54) is 0 Å². The second kappa shape index (κ2) is 6.12. The molecule has 0 aliphatic rings. The van der Waals surface area contributed by atoms with Crippen LogP contribution in [0.5, 0.6) is 5.75 Å². The molecule has 0 aromatic heterocycles. The van der Waals surface area contributed by atoms with Gasteiger partial charge in [0, 0.05) is 6.61 Å². The fourth-order valence-electron chi connectivity index (χ4n) is 1.35. The molecule has 16 heavy (non-hydrogen) atoms. The van der Waals surface area contributed by atoms with Crippen LogP contribution in [0.15, 0.2) is 24.3 Å². The van der Waals surface area contributed by atoms with Crippen LogP contribution in [0.2, 0.25) is 0 Å². The Hall–Kier alpha value is -1.55. The molecule has 0 amide bonds. The first-order chi connectivity index (χ1) is 7.69. The molecule has 1 N–H and O–H groups in total. The van der Waals surface area contributed by atoms with Gasteiger partial charge in [0.1, 0.15) is 5.75 Å². The minimum atomic E-state index is -0.985. The second-order valence-corrected chi connectivity index (χ2v) is 3.37. The first-order valence-electron chi connectivity index (χ1n) is 5.17. The van der Waals surface area contributed by atoms with Crippen LogP contribution < -0.4 is 4.74 Å². The molecule has 0 radical (unpaired) electrons. The Balaban J connectivity index is 2.87. The Labute approximate surface area is 94.8 Å². The summed E-state index contributed by atoms with van der Waals surface area (Å²) in [4.78, 5) is 11.0. The number of carbonyl (C=O) groups is 1. The highest BCUT2D eigenvalue weighted by molar-refractivity contribution is 5.74. The standard InChI is InChI=1S/C12H16O4/c1-3-7-16-11(12(13)14)9-5-4-6-10(8-9)15-2/h4-6,8,11H,3,7H2,1-2H3,(H,13,14). The number of aliphatic carboxylic acids is 1. The summed E-state index contributed by atoms with van der Waals surface area (Å²) >= 11 is 0. The van der Waals surface area contributed by atoms with Crippen molar-refractivity contribution in [2.75, 3.05) is 13.7 Å². The maximum Gasteiger partial charge on any atom is 0.337 e. The quantitative estimate of drug-likeness (QED) is 0.805. The molecule has 0 heterocycles. The number of methoxy groups -OCH3 is 1. The van der Waals surface area contributed by atoms with E-state index in [-0.39, 0.29) is 0 Å². The lowest BCUT2D eigenvalue weighted by atomic mass is 10.1. The Kier molecular flexibility index (Phi) is 4.79. The summed E-state index contributed by atoms with van der Waals surface area (Å²) in [7, 11) is 1.54. The number of carboxylic acids is 1. The SMILES string of the molecule is CCCOC(C(=O)O)c1cccc(OC)c1. The third kappa shape index (κ3) is 3.24. The van der Waals surface area contributed by atoms with Gasteiger partial charge in [0.2, 0.25) is 0 Å². The first-order valence-corrected chi connectivity index (χ1v) is 5.17. The molecular formula is C12H16O4. The Bertz CT molecular complexity index is 349. The van der Waals surface area contributed by atoms with Crippen molar-refractivity contribution in [3.63, 3.8) is 0 Å². The Morgan fingerprint density at radius 3 is 2.81 bits per heavy atom. The molecule has 1 atom stereocenters. The third-order valence-corrected chi connectivity index (χ3v) is 2.11. The van der Waals surface area contributed by atoms with Crippen LogP contribution in [0.4, 0.5) is 0 Å². The van der Waals surface area contributed by atoms with Gasteiger partial charge in [-0.05, 0) is 24.1 Å². The first kappa shape index (κ1) is 12.5. The minimum Gasteiger partial charge on any atom is -0.497 e. The fourth-order valence-corrected chi connectivity index (χ4v) is 1.35. The van der Waals surface area contributed by atoms with Crippen LogP contribution >= 0.6 is 0 Å². The van der Waals surface area contributed by atoms with Gasteiger partial charge in [0.15, 0.2) is 6.10 Å². The van der Waals surface area contributed by atoms with E-state index in [0.717, 1.165) is 6.42 Å². The highest BCUT2D eigenvalue weighted by Gasteiger charge is 2.20. The summed E-state index contributed by atoms with van der Waals surface area (Å²) in [5, 5.41) is 9.05. The van der Waals surface area contributed by atoms with Crippen molar-refractivity contribution in [1.82, 2.24) is 0 Å². The molecule has 0 saturated carbocycles. The van der Waals surface area contributed by atoms with E-state index in [9.17, 15) is 4.79 Å². The highest BCUT2D eigenvalue weighted by atomic mass is 16.5. The third-order valence-electron chi connectivity index (χ3n) is 2.11. The maximum atomic E-state index is 11.0. The summed E-state index contributed by atoms with van der Waals surface area (Å²) in [6, 6.07) is 6.91. The van der Waals surface area contributed by atoms with E-state index in [1.54, 1.807) is 31.4 Å². The second-order valence-electron chi connectivity index (χ2n) is 3.37. The maximum absolute atomic E-state index is 11.0. The van der Waals surface area contributed by atoms with Gasteiger partial charge in [-0.15, -0.1) is 0 Å². The van der Waals surface area contributed by atoms with Gasteiger partial charge in [-0.25, -0.2) is 4.79 Å². The normalized spacial score (nSPS) is 12.1. The van der Waals surface area contributed by atoms with Gasteiger partial charge < -0.3 is 14.6 Å². The Morgan fingerprint density at radius 1 is 1.50 bits per heavy atom. The molecule has 0 aliphatic heterocycles. The van der Waals surface area contributed by atoms with Crippen molar-refractivity contribution >= 4 is 5.97 Å². The summed E-state index contributed by atoms with van der Waals surface area (Å²) in [6.45, 7) is 2.36. The highest BCUT2D eigenvalue weighted by Crippen LogP contribution is 2.22. The number of carboxylic acid groups (broad SMARTS) is 1. The zero-order valence-electron chi connectivity index (χ0n) is 9.47. The lowest BCUT2D eigenvalue weighted by Gasteiger charge is -2.14. The van der Waals surface area contributed by atoms with E-state index in [0.29, 0.717) is 17.9 Å². The van der Waals surface area contributed by atoms with Gasteiger partial charge >= 0.3 is 5.97 Å². The van der Waals surface area contributed by atoms with Crippen LogP contribution in [0, 0.1) is 0 Å². The smallest absolute Gasteiger partial charge is 0.337 e. The zero-order valence-corrected chi connectivity index (χ0v) is 9.47. The fraction of sp³-hybridized carbons (Fsp3) is 0.417. The van der Waals surface area contributed by atoms with Crippen molar-refractivity contribution in [3.8, 4) is 5.75 Å². The number of benzene rings is 1. The predicted octanol–water partition coefficient (Wildman–Crippen LogP) is 2.25. The molecule has 0 spiro atoms. The predicted molar refractivity (Wildman–Crippen MR) is 59.6 cm³/mol. The van der Waals surface area contributed by atoms with Crippen molar-refractivity contribution in [2.45, 2.75) is 19.4 Å². The summed E-state index contributed by atoms with van der Waals surface area (Å²) in [5.41, 5.74) is 0.598. The van der Waals surface area contributed by atoms with Crippen molar-refractivity contribution in [1.29, 1.82) is 0 Å². The zero-order chi connectivity index (χ0) is 12.0. The number of hydrogen-bond acceptors (Lipinski definition) is 3. The average molecular weight is 224 g/mol. The van der Waals surface area contributed by atoms with Crippen LogP contribution in [0.1, 0.15) is 25.0 Å². The molecule has 0 fully saturated rings. The molecule has 0 aliphatic carbocycles. The monoisotopic (exact) mass is 224 g/mol. The van der Waals surface area contributed by atoms with E-state index in [4.69, 9.17) is 14.6 Å². The number of rotatable bonds is 6. The molecule has 1 aromatic rings. The molecule has 0 bridgehead atoms. The lowest BCUT2D eigenvalue weighted by Crippen LogP contribution is -2.15. The Morgan fingerprint density at radius 2 is 2.25 bits per heavy atom. The largest absolute Gasteiger partial charge is 0.497 e.